The average molecular weight is 284 g/mol. The Hall–Kier alpha value is -1.45. The van der Waals surface area contributed by atoms with Crippen molar-refractivity contribution in [3.63, 3.8) is 0 Å². The molecule has 2 N–H and O–H groups in total. The van der Waals surface area contributed by atoms with Crippen LogP contribution >= 0.6 is 12.4 Å². The molecule has 0 saturated heterocycles. The maximum absolute atomic E-state index is 5.82. The molecule has 0 radical (unpaired) electrons. The van der Waals surface area contributed by atoms with Crippen molar-refractivity contribution in [3.05, 3.63) is 42.0 Å². The highest BCUT2D eigenvalue weighted by molar-refractivity contribution is 5.85. The molecular formula is C15H22ClNO2. The summed E-state index contributed by atoms with van der Waals surface area (Å²) in [5.41, 5.74) is 7.83. The van der Waals surface area contributed by atoms with Gasteiger partial charge in [0.15, 0.2) is 0 Å². The van der Waals surface area contributed by atoms with Gasteiger partial charge in [0, 0.05) is 6.04 Å². The lowest BCUT2D eigenvalue weighted by Crippen LogP contribution is -2.17. The highest BCUT2D eigenvalue weighted by Gasteiger charge is 2.10. The Labute approximate surface area is 121 Å². The van der Waals surface area contributed by atoms with Crippen LogP contribution in [-0.2, 0) is 6.42 Å². The van der Waals surface area contributed by atoms with E-state index in [1.165, 1.54) is 0 Å². The topological polar surface area (TPSA) is 44.5 Å². The lowest BCUT2D eigenvalue weighted by atomic mass is 10.0. The Morgan fingerprint density at radius 2 is 1.79 bits per heavy atom. The number of benzene rings is 1. The smallest absolute Gasteiger partial charge is 0.130 e. The van der Waals surface area contributed by atoms with E-state index in [1.807, 2.05) is 31.2 Å². The zero-order chi connectivity index (χ0) is 13.5. The van der Waals surface area contributed by atoms with E-state index in [1.54, 1.807) is 20.3 Å². The van der Waals surface area contributed by atoms with E-state index in [9.17, 15) is 0 Å². The number of hydrogen-bond donors (Lipinski definition) is 1. The molecule has 0 bridgehead atoms. The largest absolute Gasteiger partial charge is 0.496 e. The summed E-state index contributed by atoms with van der Waals surface area (Å²) in [6.07, 6.45) is 6.28. The first-order chi connectivity index (χ1) is 8.62. The average Bonchev–Trinajstić information content (AvgIpc) is 2.35. The summed E-state index contributed by atoms with van der Waals surface area (Å²) >= 11 is 0. The third-order valence-corrected chi connectivity index (χ3v) is 2.56. The van der Waals surface area contributed by atoms with Gasteiger partial charge >= 0.3 is 0 Å². The quantitative estimate of drug-likeness (QED) is 0.816. The Kier molecular flexibility index (Phi) is 7.96. The second-order valence-electron chi connectivity index (χ2n) is 4.19. The lowest BCUT2D eigenvalue weighted by Gasteiger charge is -2.14. The second-order valence-corrected chi connectivity index (χ2v) is 4.19. The molecule has 1 aromatic rings. The first-order valence-corrected chi connectivity index (χ1v) is 5.92. The van der Waals surface area contributed by atoms with Crippen LogP contribution in [0.25, 0.3) is 6.08 Å². The molecule has 0 aliphatic rings. The molecular weight excluding hydrogens is 262 g/mol. The van der Waals surface area contributed by atoms with E-state index in [0.717, 1.165) is 29.0 Å². The van der Waals surface area contributed by atoms with Crippen molar-refractivity contribution < 1.29 is 9.47 Å². The molecule has 4 heteroatoms. The van der Waals surface area contributed by atoms with Gasteiger partial charge in [-0.1, -0.05) is 18.7 Å². The van der Waals surface area contributed by atoms with E-state index in [4.69, 9.17) is 15.2 Å². The van der Waals surface area contributed by atoms with Crippen molar-refractivity contribution in [2.24, 2.45) is 5.73 Å². The standard InChI is InChI=1S/C15H21NO2.ClH/c1-5-6-7-13-14(17-3)9-12(8-11(2)16)10-15(13)18-4;/h5-7,9-11H,1,8,16H2,2-4H3;1H/b7-6+;. The Morgan fingerprint density at radius 1 is 1.26 bits per heavy atom. The normalized spacial score (nSPS) is 11.8. The first kappa shape index (κ1) is 17.6. The molecule has 0 fully saturated rings. The van der Waals surface area contributed by atoms with Crippen molar-refractivity contribution in [2.45, 2.75) is 19.4 Å². The van der Waals surface area contributed by atoms with E-state index in [-0.39, 0.29) is 18.4 Å². The third-order valence-electron chi connectivity index (χ3n) is 2.56. The van der Waals surface area contributed by atoms with E-state index in [0.29, 0.717) is 0 Å². The van der Waals surface area contributed by atoms with Crippen molar-refractivity contribution in [2.75, 3.05) is 14.2 Å². The fourth-order valence-electron chi connectivity index (χ4n) is 1.81. The molecule has 0 amide bonds. The summed E-state index contributed by atoms with van der Waals surface area (Å²) in [5.74, 6) is 1.56. The SMILES string of the molecule is C=C/C=C/c1c(OC)cc(CC(C)N)cc1OC.Cl. The minimum atomic E-state index is 0. The van der Waals surface area contributed by atoms with Gasteiger partial charge in [-0.25, -0.2) is 0 Å². The maximum Gasteiger partial charge on any atom is 0.130 e. The fraction of sp³-hybridized carbons (Fsp3) is 0.333. The monoisotopic (exact) mass is 283 g/mol. The van der Waals surface area contributed by atoms with Gasteiger partial charge in [0.1, 0.15) is 11.5 Å². The number of methoxy groups -OCH3 is 2. The number of hydrogen-bond acceptors (Lipinski definition) is 3. The highest BCUT2D eigenvalue weighted by Crippen LogP contribution is 2.32. The van der Waals surface area contributed by atoms with E-state index < -0.39 is 0 Å². The lowest BCUT2D eigenvalue weighted by molar-refractivity contribution is 0.391. The van der Waals surface area contributed by atoms with Crippen LogP contribution in [0.15, 0.2) is 30.9 Å². The Bertz CT molecular complexity index is 417. The molecule has 0 heterocycles. The van der Waals surface area contributed by atoms with Gasteiger partial charge in [-0.15, -0.1) is 12.4 Å². The fourth-order valence-corrected chi connectivity index (χ4v) is 1.81. The van der Waals surface area contributed by atoms with Crippen LogP contribution in [0.3, 0.4) is 0 Å². The molecule has 19 heavy (non-hydrogen) atoms. The number of allylic oxidation sites excluding steroid dienone is 2. The van der Waals surface area contributed by atoms with Crippen LogP contribution in [0.1, 0.15) is 18.1 Å². The molecule has 1 aromatic carbocycles. The second kappa shape index (κ2) is 8.62. The Balaban J connectivity index is 0.00000324. The number of rotatable bonds is 6. The summed E-state index contributed by atoms with van der Waals surface area (Å²) in [7, 11) is 3.30. The van der Waals surface area contributed by atoms with Crippen LogP contribution in [-0.4, -0.2) is 20.3 Å². The molecule has 0 aliphatic heterocycles. The molecule has 0 aromatic heterocycles. The summed E-state index contributed by atoms with van der Waals surface area (Å²) in [6.45, 7) is 5.64. The van der Waals surface area contributed by atoms with Crippen LogP contribution < -0.4 is 15.2 Å². The zero-order valence-corrected chi connectivity index (χ0v) is 12.5. The predicted molar refractivity (Wildman–Crippen MR) is 83.4 cm³/mol. The van der Waals surface area contributed by atoms with Crippen LogP contribution in [0.5, 0.6) is 11.5 Å². The van der Waals surface area contributed by atoms with Gasteiger partial charge < -0.3 is 15.2 Å². The molecule has 3 nitrogen and oxygen atoms in total. The van der Waals surface area contributed by atoms with Crippen molar-refractivity contribution in [3.8, 4) is 11.5 Å². The van der Waals surface area contributed by atoms with Gasteiger partial charge in [0.25, 0.3) is 0 Å². The number of halogens is 1. The van der Waals surface area contributed by atoms with Crippen molar-refractivity contribution >= 4 is 18.5 Å². The molecule has 0 saturated carbocycles. The molecule has 0 spiro atoms. The molecule has 1 rings (SSSR count). The summed E-state index contributed by atoms with van der Waals surface area (Å²) < 4.78 is 10.8. The Morgan fingerprint density at radius 3 is 2.16 bits per heavy atom. The summed E-state index contributed by atoms with van der Waals surface area (Å²) in [4.78, 5) is 0. The maximum atomic E-state index is 5.82. The molecule has 106 valence electrons. The molecule has 0 aliphatic carbocycles. The summed E-state index contributed by atoms with van der Waals surface area (Å²) in [6, 6.07) is 4.09. The highest BCUT2D eigenvalue weighted by atomic mass is 35.5. The predicted octanol–water partition coefficient (Wildman–Crippen LogP) is 3.21. The first-order valence-electron chi connectivity index (χ1n) is 5.92. The van der Waals surface area contributed by atoms with Gasteiger partial charge in [0.05, 0.1) is 19.8 Å². The summed E-state index contributed by atoms with van der Waals surface area (Å²) in [5, 5.41) is 0. The van der Waals surface area contributed by atoms with Gasteiger partial charge in [0.2, 0.25) is 0 Å². The van der Waals surface area contributed by atoms with Crippen LogP contribution in [0.2, 0.25) is 0 Å². The van der Waals surface area contributed by atoms with Gasteiger partial charge in [-0.2, -0.15) is 0 Å². The zero-order valence-electron chi connectivity index (χ0n) is 11.7. The van der Waals surface area contributed by atoms with E-state index in [2.05, 4.69) is 6.58 Å². The number of ether oxygens (including phenoxy) is 2. The molecule has 1 unspecified atom stereocenters. The molecule has 1 atom stereocenters. The minimum absolute atomic E-state index is 0. The minimum Gasteiger partial charge on any atom is -0.496 e. The van der Waals surface area contributed by atoms with E-state index >= 15 is 0 Å². The van der Waals surface area contributed by atoms with Crippen molar-refractivity contribution in [1.82, 2.24) is 0 Å². The van der Waals surface area contributed by atoms with Crippen LogP contribution in [0.4, 0.5) is 0 Å². The third kappa shape index (κ3) is 4.97. The van der Waals surface area contributed by atoms with Gasteiger partial charge in [-0.05, 0) is 37.1 Å². The number of nitrogens with two attached hydrogens (primary N) is 1. The van der Waals surface area contributed by atoms with Crippen LogP contribution in [0, 0.1) is 0 Å². The van der Waals surface area contributed by atoms with Gasteiger partial charge in [-0.3, -0.25) is 0 Å². The van der Waals surface area contributed by atoms with Crippen molar-refractivity contribution in [1.29, 1.82) is 0 Å².